The Kier molecular flexibility index (Phi) is 34.5. The lowest BCUT2D eigenvalue weighted by Crippen LogP contribution is -2.62. The van der Waals surface area contributed by atoms with Crippen LogP contribution in [0.15, 0.2) is 11.8 Å². The fourth-order valence-corrected chi connectivity index (χ4v) is 7.80. The van der Waals surface area contributed by atoms with Gasteiger partial charge in [0.1, 0.15) is 48.6 Å². The molecule has 444 valence electrons. The molecule has 19 N–H and O–H groups in total. The minimum Gasteiger partial charge on any atom is -0.479 e. The van der Waals surface area contributed by atoms with Crippen LogP contribution in [-0.2, 0) is 57.5 Å². The number of carboxylic acids is 1. The number of esters is 1. The first-order valence-corrected chi connectivity index (χ1v) is 26.6. The number of hydrogen-bond acceptors (Lipinski definition) is 19. The number of carbonyl (C=O) groups is 11. The van der Waals surface area contributed by atoms with Gasteiger partial charge in [-0.25, -0.2) is 9.59 Å². The molecule has 1 saturated heterocycles. The van der Waals surface area contributed by atoms with E-state index >= 15 is 0 Å². The zero-order valence-corrected chi connectivity index (χ0v) is 45.1. The van der Waals surface area contributed by atoms with Crippen LogP contribution in [-0.4, -0.2) is 201 Å². The Morgan fingerprint density at radius 2 is 1.28 bits per heavy atom. The van der Waals surface area contributed by atoms with Crippen molar-refractivity contribution >= 4 is 76.7 Å². The fraction of sp³-hybridized carbons (Fsp3) is 0.729. The van der Waals surface area contributed by atoms with Crippen molar-refractivity contribution in [3.63, 3.8) is 0 Å². The van der Waals surface area contributed by atoms with Crippen LogP contribution in [0.5, 0.6) is 0 Å². The van der Waals surface area contributed by atoms with Gasteiger partial charge in [-0.15, -0.1) is 11.6 Å². The van der Waals surface area contributed by atoms with Gasteiger partial charge in [-0.2, -0.15) is 0 Å². The number of alkyl halides is 1. The molecule has 30 heteroatoms. The number of aliphatic hydroxyl groups is 5. The van der Waals surface area contributed by atoms with E-state index in [1.807, 2.05) is 10.6 Å². The summed E-state index contributed by atoms with van der Waals surface area (Å²) in [4.78, 5) is 148. The number of nitrogens with one attached hydrogen (secondary N) is 9. The van der Waals surface area contributed by atoms with Crippen LogP contribution in [0.1, 0.15) is 117 Å². The summed E-state index contributed by atoms with van der Waals surface area (Å²) in [7, 11) is 0. The molecule has 0 aromatic heterocycles. The van der Waals surface area contributed by atoms with Gasteiger partial charge in [-0.3, -0.25) is 43.2 Å². The van der Waals surface area contributed by atoms with Crippen molar-refractivity contribution < 1.29 is 88.1 Å². The highest BCUT2D eigenvalue weighted by Gasteiger charge is 2.40. The lowest BCUT2D eigenvalue weighted by molar-refractivity contribution is -0.155. The Bertz CT molecular complexity index is 2020. The molecule has 0 aliphatic carbocycles. The molecule has 1 rings (SSSR count). The summed E-state index contributed by atoms with van der Waals surface area (Å²) in [5.41, 5.74) is 10.6. The number of amides is 9. The van der Waals surface area contributed by atoms with Gasteiger partial charge in [0.25, 0.3) is 5.91 Å². The molecular weight excluding hydrogens is 1050 g/mol. The largest absolute Gasteiger partial charge is 0.479 e. The molecule has 1 fully saturated rings. The van der Waals surface area contributed by atoms with E-state index < -0.39 is 176 Å². The summed E-state index contributed by atoms with van der Waals surface area (Å²) in [5.74, 6) is -15.3. The molecule has 29 nitrogen and oxygen atoms in total. The standard InChI is InChI=1S/C48H82ClN11O18/c1-4-6-7-8-9-10-11-12-13-15-27(63)22-34(65)54-32-25-78-48(77)37(33(64)23-49)59-46(74)38(39(67)47(75)76)60-41(69)28(5-2)55-45(73)36(26(3)62)58-43(71)29(16-14-19-50)56-42(70)31(18-21-61)53-35(66)24-52-40(68)30(17-20-51)57-44(32)72/h5,26-27,29-33,36-39,61-64,67H,4,6-25,50-51H2,1-3H3,(H,52,68)(H,53,66)(H,54,65)(H,55,73)(H,56,70)(H,57,72)(H,58,71)(H,59,74)(H,60,69)(H,75,76)/b28-5-/t26-,27?,29-,30+,31+,32-,33-,36-,37-,38-,39?/m0/s1. The molecule has 0 aromatic rings. The summed E-state index contributed by atoms with van der Waals surface area (Å²) in [6, 6.07) is -13.3. The third-order valence-electron chi connectivity index (χ3n) is 12.1. The molecule has 1 aliphatic heterocycles. The van der Waals surface area contributed by atoms with Crippen LogP contribution in [0.4, 0.5) is 0 Å². The van der Waals surface area contributed by atoms with Crippen molar-refractivity contribution in [3.8, 4) is 0 Å². The topological polar surface area (TPSA) is 479 Å². The zero-order valence-electron chi connectivity index (χ0n) is 44.4. The number of nitrogens with two attached hydrogens (primary N) is 2. The number of unbranched alkanes of at least 4 members (excludes halogenated alkanes) is 8. The van der Waals surface area contributed by atoms with Gasteiger partial charge in [-0.05, 0) is 59.0 Å². The van der Waals surface area contributed by atoms with Crippen LogP contribution in [0.2, 0.25) is 0 Å². The predicted octanol–water partition coefficient (Wildman–Crippen LogP) is -5.36. The number of aliphatic hydroxyl groups excluding tert-OH is 5. The Hall–Kier alpha value is -6.08. The number of hydrogen-bond donors (Lipinski definition) is 17. The number of carbonyl (C=O) groups excluding carboxylic acids is 10. The summed E-state index contributed by atoms with van der Waals surface area (Å²) in [6.45, 7) is 1.46. The van der Waals surface area contributed by atoms with E-state index in [4.69, 9.17) is 27.8 Å². The van der Waals surface area contributed by atoms with Crippen molar-refractivity contribution in [3.05, 3.63) is 11.8 Å². The summed E-state index contributed by atoms with van der Waals surface area (Å²) in [6.07, 6.45) is 0.901. The number of cyclic esters (lactones) is 1. The smallest absolute Gasteiger partial charge is 0.335 e. The molecule has 0 radical (unpaired) electrons. The van der Waals surface area contributed by atoms with Crippen LogP contribution < -0.4 is 59.3 Å². The average Bonchev–Trinajstić information content (AvgIpc) is 3.39. The molecule has 1 heterocycles. The van der Waals surface area contributed by atoms with Crippen molar-refractivity contribution in [2.45, 2.75) is 184 Å². The highest BCUT2D eigenvalue weighted by Crippen LogP contribution is 2.13. The molecule has 0 saturated carbocycles. The fourth-order valence-electron chi connectivity index (χ4n) is 7.63. The van der Waals surface area contributed by atoms with Gasteiger partial charge in [0.2, 0.25) is 47.3 Å². The maximum Gasteiger partial charge on any atom is 0.335 e. The second-order valence-corrected chi connectivity index (χ2v) is 18.9. The Morgan fingerprint density at radius 3 is 1.85 bits per heavy atom. The maximum atomic E-state index is 13.9. The van der Waals surface area contributed by atoms with Gasteiger partial charge in [-0.1, -0.05) is 70.8 Å². The van der Waals surface area contributed by atoms with Crippen molar-refractivity contribution in [1.29, 1.82) is 0 Å². The van der Waals surface area contributed by atoms with E-state index in [0.29, 0.717) is 6.42 Å². The second-order valence-electron chi connectivity index (χ2n) is 18.6. The van der Waals surface area contributed by atoms with Crippen molar-refractivity contribution in [2.75, 3.05) is 38.7 Å². The van der Waals surface area contributed by atoms with Gasteiger partial charge in [0, 0.05) is 6.61 Å². The van der Waals surface area contributed by atoms with Crippen molar-refractivity contribution in [1.82, 2.24) is 47.9 Å². The number of allylic oxidation sites excluding steroid dienone is 1. The van der Waals surface area contributed by atoms with E-state index in [0.717, 1.165) is 57.9 Å². The highest BCUT2D eigenvalue weighted by molar-refractivity contribution is 6.18. The Labute approximate surface area is 457 Å². The highest BCUT2D eigenvalue weighted by atomic mass is 35.5. The monoisotopic (exact) mass is 1140 g/mol. The number of ether oxygens (including phenoxy) is 1. The quantitative estimate of drug-likeness (QED) is 0.0176. The van der Waals surface area contributed by atoms with Crippen LogP contribution in [0.3, 0.4) is 0 Å². The van der Waals surface area contributed by atoms with Crippen molar-refractivity contribution in [2.24, 2.45) is 11.5 Å². The zero-order chi connectivity index (χ0) is 58.9. The third-order valence-corrected chi connectivity index (χ3v) is 12.4. The van der Waals surface area contributed by atoms with Crippen LogP contribution >= 0.6 is 11.6 Å². The first-order chi connectivity index (χ1) is 37.0. The van der Waals surface area contributed by atoms with Gasteiger partial charge >= 0.3 is 11.9 Å². The molecule has 1 aliphatic rings. The minimum atomic E-state index is -2.80. The van der Waals surface area contributed by atoms with E-state index in [2.05, 4.69) is 44.1 Å². The molecule has 11 atom stereocenters. The molecule has 0 bridgehead atoms. The second kappa shape index (κ2) is 38.5. The average molecular weight is 1140 g/mol. The normalized spacial score (nSPS) is 24.4. The summed E-state index contributed by atoms with van der Waals surface area (Å²) in [5, 5.41) is 81.9. The lowest BCUT2D eigenvalue weighted by atomic mass is 10.0. The number of carboxylic acid groups (broad SMARTS) is 1. The maximum absolute atomic E-state index is 13.9. The van der Waals surface area contributed by atoms with E-state index in [1.54, 1.807) is 0 Å². The predicted molar refractivity (Wildman–Crippen MR) is 278 cm³/mol. The first-order valence-electron chi connectivity index (χ1n) is 26.0. The lowest BCUT2D eigenvalue weighted by Gasteiger charge is -2.28. The molecule has 9 amide bonds. The number of rotatable bonds is 25. The Morgan fingerprint density at radius 1 is 0.705 bits per heavy atom. The van der Waals surface area contributed by atoms with E-state index in [9.17, 15) is 83.4 Å². The number of halogens is 1. The summed E-state index contributed by atoms with van der Waals surface area (Å²) < 4.78 is 5.26. The summed E-state index contributed by atoms with van der Waals surface area (Å²) >= 11 is 5.84. The Balaban J connectivity index is 3.80. The minimum absolute atomic E-state index is 0.00559. The molecule has 0 aromatic carbocycles. The van der Waals surface area contributed by atoms with Crippen LogP contribution in [0, 0.1) is 0 Å². The molecule has 2 unspecified atom stereocenters. The van der Waals surface area contributed by atoms with Gasteiger partial charge in [0.15, 0.2) is 12.1 Å². The third kappa shape index (κ3) is 26.0. The van der Waals surface area contributed by atoms with Gasteiger partial charge < -0.3 is 94.7 Å². The van der Waals surface area contributed by atoms with Gasteiger partial charge in [0.05, 0.1) is 37.2 Å². The SMILES string of the molecule is C/C=C1\NC(=O)[C@H]([C@H](C)O)NC(=O)[C@H](CCCN)NC(=O)[C@@H](CCO)NC(=O)CNC(=O)[C@@H](CCN)NC(=O)[C@@H](NC(=O)CC(O)CCCCCCCCCCC)COC(=O)[C@H]([C@@H](O)CCl)NC(=O)[C@H](C(O)C(=O)O)NC1=O. The molecular formula is C48H82ClN11O18. The first kappa shape index (κ1) is 69.9. The van der Waals surface area contributed by atoms with Crippen LogP contribution in [0.25, 0.3) is 0 Å². The number of aliphatic carboxylic acids is 1. The molecule has 0 spiro atoms. The van der Waals surface area contributed by atoms with E-state index in [-0.39, 0.29) is 38.8 Å². The molecule has 78 heavy (non-hydrogen) atoms. The van der Waals surface area contributed by atoms with E-state index in [1.165, 1.54) is 13.3 Å².